The van der Waals surface area contributed by atoms with Gasteiger partial charge in [-0.25, -0.2) is 4.98 Å². The van der Waals surface area contributed by atoms with Crippen LogP contribution in [0.3, 0.4) is 0 Å². The molecule has 0 amide bonds. The zero-order chi connectivity index (χ0) is 14.8. The molecule has 0 fully saturated rings. The van der Waals surface area contributed by atoms with Crippen LogP contribution in [0.15, 0.2) is 53.1 Å². The number of fused-ring (bicyclic) bond motifs is 1. The minimum atomic E-state index is 0.446. The van der Waals surface area contributed by atoms with Crippen LogP contribution in [0.2, 0.25) is 0 Å². The number of rotatable bonds is 2. The lowest BCUT2D eigenvalue weighted by molar-refractivity contribution is 1.29. The van der Waals surface area contributed by atoms with Crippen molar-refractivity contribution >= 4 is 43.9 Å². The second-order valence-corrected chi connectivity index (χ2v) is 5.52. The Hall–Kier alpha value is -2.58. The Labute approximate surface area is 130 Å². The van der Waals surface area contributed by atoms with E-state index in [1.807, 2.05) is 36.4 Å². The number of nitrogens with two attached hydrogens (primary N) is 1. The fourth-order valence-corrected chi connectivity index (χ4v) is 2.46. The maximum atomic E-state index is 8.81. The summed E-state index contributed by atoms with van der Waals surface area (Å²) < 4.78 is 1.05. The highest BCUT2D eigenvalue weighted by Gasteiger charge is 2.04. The topological polar surface area (TPSA) is 74.7 Å². The van der Waals surface area contributed by atoms with Crippen LogP contribution >= 0.6 is 15.9 Å². The van der Waals surface area contributed by atoms with E-state index in [1.165, 1.54) is 6.20 Å². The second kappa shape index (κ2) is 5.43. The standard InChI is InChI=1S/C16H11BrN4/c17-13-3-1-12-7-14(4-2-11(12)6-13)21-16-15(19)5-10(8-18)9-20-16/h1-7,9H,19H2,(H,20,21). The van der Waals surface area contributed by atoms with Crippen LogP contribution in [0.5, 0.6) is 0 Å². The van der Waals surface area contributed by atoms with Gasteiger partial charge in [-0.2, -0.15) is 5.26 Å². The summed E-state index contributed by atoms with van der Waals surface area (Å²) in [5.41, 5.74) is 7.69. The van der Waals surface area contributed by atoms with Crippen molar-refractivity contribution in [2.45, 2.75) is 0 Å². The molecular formula is C16H11BrN4. The third-order valence-corrected chi connectivity index (χ3v) is 3.60. The molecule has 0 bridgehead atoms. The largest absolute Gasteiger partial charge is 0.396 e. The van der Waals surface area contributed by atoms with Crippen molar-refractivity contribution in [2.24, 2.45) is 0 Å². The lowest BCUT2D eigenvalue weighted by Gasteiger charge is -2.09. The molecule has 1 heterocycles. The van der Waals surface area contributed by atoms with Gasteiger partial charge in [0.2, 0.25) is 0 Å². The molecule has 102 valence electrons. The SMILES string of the molecule is N#Cc1cnc(Nc2ccc3cc(Br)ccc3c2)c(N)c1. The van der Waals surface area contributed by atoms with Gasteiger partial charge in [0.1, 0.15) is 6.07 Å². The van der Waals surface area contributed by atoms with Crippen molar-refractivity contribution in [3.63, 3.8) is 0 Å². The highest BCUT2D eigenvalue weighted by atomic mass is 79.9. The molecule has 0 saturated heterocycles. The third-order valence-electron chi connectivity index (χ3n) is 3.11. The molecule has 0 aliphatic rings. The van der Waals surface area contributed by atoms with Crippen molar-refractivity contribution in [1.82, 2.24) is 4.98 Å². The van der Waals surface area contributed by atoms with E-state index >= 15 is 0 Å². The molecule has 0 radical (unpaired) electrons. The van der Waals surface area contributed by atoms with E-state index in [1.54, 1.807) is 6.07 Å². The Balaban J connectivity index is 1.95. The van der Waals surface area contributed by atoms with Crippen LogP contribution in [0.4, 0.5) is 17.2 Å². The summed E-state index contributed by atoms with van der Waals surface area (Å²) >= 11 is 3.46. The molecule has 0 atom stereocenters. The van der Waals surface area contributed by atoms with E-state index < -0.39 is 0 Å². The number of pyridine rings is 1. The van der Waals surface area contributed by atoms with Gasteiger partial charge in [0.15, 0.2) is 5.82 Å². The number of nitrogens with one attached hydrogen (secondary N) is 1. The fourth-order valence-electron chi connectivity index (χ4n) is 2.08. The van der Waals surface area contributed by atoms with Gasteiger partial charge in [-0.15, -0.1) is 0 Å². The Morgan fingerprint density at radius 1 is 1.10 bits per heavy atom. The molecule has 2 aromatic carbocycles. The van der Waals surface area contributed by atoms with Crippen LogP contribution in [-0.2, 0) is 0 Å². The normalized spacial score (nSPS) is 10.3. The van der Waals surface area contributed by atoms with Crippen LogP contribution in [0.25, 0.3) is 10.8 Å². The molecule has 3 N–H and O–H groups in total. The van der Waals surface area contributed by atoms with Crippen LogP contribution < -0.4 is 11.1 Å². The van der Waals surface area contributed by atoms with Crippen LogP contribution in [-0.4, -0.2) is 4.98 Å². The highest BCUT2D eigenvalue weighted by molar-refractivity contribution is 9.10. The molecule has 3 rings (SSSR count). The number of nitrogens with zero attached hydrogens (tertiary/aromatic N) is 2. The highest BCUT2D eigenvalue weighted by Crippen LogP contribution is 2.26. The average Bonchev–Trinajstić information content (AvgIpc) is 2.49. The van der Waals surface area contributed by atoms with E-state index in [0.717, 1.165) is 20.9 Å². The minimum absolute atomic E-state index is 0.446. The molecule has 0 aliphatic heterocycles. The molecule has 21 heavy (non-hydrogen) atoms. The molecule has 0 aliphatic carbocycles. The molecule has 5 heteroatoms. The summed E-state index contributed by atoms with van der Waals surface area (Å²) in [4.78, 5) is 4.17. The fraction of sp³-hybridized carbons (Fsp3) is 0. The predicted molar refractivity (Wildman–Crippen MR) is 88.3 cm³/mol. The summed E-state index contributed by atoms with van der Waals surface area (Å²) in [6.45, 7) is 0. The van der Waals surface area contributed by atoms with Crippen molar-refractivity contribution in [3.8, 4) is 6.07 Å². The lowest BCUT2D eigenvalue weighted by Crippen LogP contribution is -1.99. The molecule has 0 spiro atoms. The Kier molecular flexibility index (Phi) is 3.46. The van der Waals surface area contributed by atoms with Crippen molar-refractivity contribution in [2.75, 3.05) is 11.1 Å². The quantitative estimate of drug-likeness (QED) is 0.734. The number of nitriles is 1. The van der Waals surface area contributed by atoms with Gasteiger partial charge >= 0.3 is 0 Å². The molecule has 4 nitrogen and oxygen atoms in total. The van der Waals surface area contributed by atoms with Gasteiger partial charge in [0.05, 0.1) is 11.3 Å². The number of hydrogen-bond donors (Lipinski definition) is 2. The maximum Gasteiger partial charge on any atom is 0.153 e. The Morgan fingerprint density at radius 3 is 2.62 bits per heavy atom. The smallest absolute Gasteiger partial charge is 0.153 e. The number of aromatic nitrogens is 1. The zero-order valence-corrected chi connectivity index (χ0v) is 12.6. The Morgan fingerprint density at radius 2 is 1.86 bits per heavy atom. The van der Waals surface area contributed by atoms with Crippen molar-refractivity contribution in [3.05, 3.63) is 58.7 Å². The maximum absolute atomic E-state index is 8.81. The van der Waals surface area contributed by atoms with Crippen LogP contribution in [0, 0.1) is 11.3 Å². The van der Waals surface area contributed by atoms with Gasteiger partial charge in [-0.05, 0) is 41.1 Å². The molecule has 1 aromatic heterocycles. The first-order valence-corrected chi connectivity index (χ1v) is 7.07. The first-order valence-electron chi connectivity index (χ1n) is 6.28. The van der Waals surface area contributed by atoms with Gasteiger partial charge in [0.25, 0.3) is 0 Å². The molecule has 3 aromatic rings. The minimum Gasteiger partial charge on any atom is -0.396 e. The predicted octanol–water partition coefficient (Wildman–Crippen LogP) is 4.19. The number of hydrogen-bond acceptors (Lipinski definition) is 4. The molecular weight excluding hydrogens is 328 g/mol. The monoisotopic (exact) mass is 338 g/mol. The first kappa shape index (κ1) is 13.4. The van der Waals surface area contributed by atoms with E-state index in [-0.39, 0.29) is 0 Å². The van der Waals surface area contributed by atoms with Gasteiger partial charge < -0.3 is 11.1 Å². The lowest BCUT2D eigenvalue weighted by atomic mass is 10.1. The van der Waals surface area contributed by atoms with Gasteiger partial charge in [-0.3, -0.25) is 0 Å². The van der Waals surface area contributed by atoms with E-state index in [4.69, 9.17) is 11.0 Å². The number of anilines is 3. The third kappa shape index (κ3) is 2.81. The number of nitrogen functional groups attached to an aromatic ring is 1. The van der Waals surface area contributed by atoms with Crippen molar-refractivity contribution < 1.29 is 0 Å². The van der Waals surface area contributed by atoms with E-state index in [0.29, 0.717) is 17.1 Å². The van der Waals surface area contributed by atoms with E-state index in [2.05, 4.69) is 32.3 Å². The van der Waals surface area contributed by atoms with Crippen molar-refractivity contribution in [1.29, 1.82) is 5.26 Å². The molecule has 0 unspecified atom stereocenters. The second-order valence-electron chi connectivity index (χ2n) is 4.60. The number of halogens is 1. The zero-order valence-electron chi connectivity index (χ0n) is 11.0. The summed E-state index contributed by atoms with van der Waals surface area (Å²) in [7, 11) is 0. The summed E-state index contributed by atoms with van der Waals surface area (Å²) in [5.74, 6) is 0.547. The average molecular weight is 339 g/mol. The Bertz CT molecular complexity index is 868. The summed E-state index contributed by atoms with van der Waals surface area (Å²) in [5, 5.41) is 14.3. The van der Waals surface area contributed by atoms with Crippen LogP contribution in [0.1, 0.15) is 5.56 Å². The summed E-state index contributed by atoms with van der Waals surface area (Å²) in [6, 6.07) is 15.7. The number of benzene rings is 2. The van der Waals surface area contributed by atoms with Gasteiger partial charge in [0, 0.05) is 16.4 Å². The van der Waals surface area contributed by atoms with E-state index in [9.17, 15) is 0 Å². The first-order chi connectivity index (χ1) is 10.2. The molecule has 0 saturated carbocycles. The van der Waals surface area contributed by atoms with Gasteiger partial charge in [-0.1, -0.05) is 28.1 Å². The summed E-state index contributed by atoms with van der Waals surface area (Å²) in [6.07, 6.45) is 1.50.